The van der Waals surface area contributed by atoms with Crippen LogP contribution >= 0.6 is 0 Å². The summed E-state index contributed by atoms with van der Waals surface area (Å²) < 4.78 is 7.29. The number of hydrogen-bond acceptors (Lipinski definition) is 4. The van der Waals surface area contributed by atoms with Gasteiger partial charge in [0.15, 0.2) is 0 Å². The summed E-state index contributed by atoms with van der Waals surface area (Å²) in [5.41, 5.74) is 3.42. The van der Waals surface area contributed by atoms with E-state index < -0.39 is 0 Å². The summed E-state index contributed by atoms with van der Waals surface area (Å²) in [6.07, 6.45) is 2.71. The molecule has 20 heavy (non-hydrogen) atoms. The number of pyridine rings is 1. The van der Waals surface area contributed by atoms with Crippen molar-refractivity contribution in [1.29, 1.82) is 0 Å². The van der Waals surface area contributed by atoms with Crippen LogP contribution in [0.25, 0.3) is 0 Å². The minimum absolute atomic E-state index is 0.679. The van der Waals surface area contributed by atoms with Crippen LogP contribution in [0.2, 0.25) is 0 Å². The molecule has 0 aromatic carbocycles. The van der Waals surface area contributed by atoms with Gasteiger partial charge in [0, 0.05) is 31.4 Å². The normalized spacial score (nSPS) is 10.8. The second kappa shape index (κ2) is 7.05. The smallest absolute Gasteiger partial charge is 0.217 e. The molecule has 0 bridgehead atoms. The van der Waals surface area contributed by atoms with Gasteiger partial charge in [-0.15, -0.1) is 0 Å². The lowest BCUT2D eigenvalue weighted by Gasteiger charge is -2.09. The second-order valence-corrected chi connectivity index (χ2v) is 4.57. The van der Waals surface area contributed by atoms with Crippen LogP contribution in [-0.4, -0.2) is 21.9 Å². The molecule has 0 saturated heterocycles. The third kappa shape index (κ3) is 3.36. The number of hydrogen-bond donors (Lipinski definition) is 1. The van der Waals surface area contributed by atoms with Gasteiger partial charge in [-0.3, -0.25) is 4.68 Å². The SMILES string of the molecule is CCc1cc(CNCc2cccnc2OC)n(CC)n1. The van der Waals surface area contributed by atoms with E-state index in [9.17, 15) is 0 Å². The number of aryl methyl sites for hydroxylation is 2. The fourth-order valence-corrected chi connectivity index (χ4v) is 2.17. The van der Waals surface area contributed by atoms with E-state index in [0.29, 0.717) is 5.88 Å². The molecule has 0 fully saturated rings. The Balaban J connectivity index is 1.97. The lowest BCUT2D eigenvalue weighted by atomic mass is 10.2. The molecular formula is C15H22N4O. The van der Waals surface area contributed by atoms with Crippen LogP contribution in [0, 0.1) is 0 Å². The molecule has 0 aliphatic rings. The van der Waals surface area contributed by atoms with E-state index in [0.717, 1.165) is 37.3 Å². The van der Waals surface area contributed by atoms with Gasteiger partial charge in [0.05, 0.1) is 18.5 Å². The number of methoxy groups -OCH3 is 1. The van der Waals surface area contributed by atoms with Gasteiger partial charge in [-0.2, -0.15) is 5.10 Å². The van der Waals surface area contributed by atoms with Crippen LogP contribution in [0.15, 0.2) is 24.4 Å². The highest BCUT2D eigenvalue weighted by Crippen LogP contribution is 2.13. The molecule has 2 rings (SSSR count). The highest BCUT2D eigenvalue weighted by Gasteiger charge is 2.06. The van der Waals surface area contributed by atoms with E-state index in [1.54, 1.807) is 13.3 Å². The van der Waals surface area contributed by atoms with Crippen LogP contribution in [-0.2, 0) is 26.1 Å². The van der Waals surface area contributed by atoms with Gasteiger partial charge in [-0.05, 0) is 25.5 Å². The molecule has 0 radical (unpaired) electrons. The zero-order valence-corrected chi connectivity index (χ0v) is 12.4. The molecule has 0 saturated carbocycles. The highest BCUT2D eigenvalue weighted by atomic mass is 16.5. The Hall–Kier alpha value is -1.88. The molecular weight excluding hydrogens is 252 g/mol. The zero-order valence-electron chi connectivity index (χ0n) is 12.4. The van der Waals surface area contributed by atoms with E-state index in [2.05, 4.69) is 35.3 Å². The molecule has 108 valence electrons. The van der Waals surface area contributed by atoms with Crippen LogP contribution in [0.1, 0.15) is 30.8 Å². The third-order valence-corrected chi connectivity index (χ3v) is 3.24. The van der Waals surface area contributed by atoms with Gasteiger partial charge in [0.25, 0.3) is 0 Å². The van der Waals surface area contributed by atoms with E-state index in [-0.39, 0.29) is 0 Å². The molecule has 1 N–H and O–H groups in total. The first-order chi connectivity index (χ1) is 9.78. The molecule has 2 aromatic rings. The Kier molecular flexibility index (Phi) is 5.12. The summed E-state index contributed by atoms with van der Waals surface area (Å²) in [7, 11) is 1.64. The van der Waals surface area contributed by atoms with Crippen molar-refractivity contribution in [2.24, 2.45) is 0 Å². The minimum atomic E-state index is 0.679. The summed E-state index contributed by atoms with van der Waals surface area (Å²) in [6.45, 7) is 6.65. The van der Waals surface area contributed by atoms with Crippen molar-refractivity contribution in [1.82, 2.24) is 20.1 Å². The van der Waals surface area contributed by atoms with E-state index in [1.165, 1.54) is 5.69 Å². The standard InChI is InChI=1S/C15H22N4O/c1-4-13-9-14(19(5-2)18-13)11-16-10-12-7-6-8-17-15(12)20-3/h6-9,16H,4-5,10-11H2,1-3H3. The first-order valence-electron chi connectivity index (χ1n) is 7.02. The highest BCUT2D eigenvalue weighted by molar-refractivity contribution is 5.25. The van der Waals surface area contributed by atoms with Gasteiger partial charge in [0.2, 0.25) is 5.88 Å². The topological polar surface area (TPSA) is 52.0 Å². The summed E-state index contributed by atoms with van der Waals surface area (Å²) in [5, 5.41) is 7.97. The largest absolute Gasteiger partial charge is 0.481 e. The number of ether oxygens (including phenoxy) is 1. The second-order valence-electron chi connectivity index (χ2n) is 4.57. The number of nitrogens with zero attached hydrogens (tertiary/aromatic N) is 3. The molecule has 0 amide bonds. The monoisotopic (exact) mass is 274 g/mol. The van der Waals surface area contributed by atoms with Crippen molar-refractivity contribution in [3.63, 3.8) is 0 Å². The molecule has 5 nitrogen and oxygen atoms in total. The third-order valence-electron chi connectivity index (χ3n) is 3.24. The average molecular weight is 274 g/mol. The summed E-state index contributed by atoms with van der Waals surface area (Å²) >= 11 is 0. The van der Waals surface area contributed by atoms with Crippen LogP contribution in [0.4, 0.5) is 0 Å². The lowest BCUT2D eigenvalue weighted by molar-refractivity contribution is 0.390. The summed E-state index contributed by atoms with van der Waals surface area (Å²) in [5.74, 6) is 0.679. The van der Waals surface area contributed by atoms with Crippen molar-refractivity contribution in [3.05, 3.63) is 41.3 Å². The molecule has 2 aromatic heterocycles. The van der Waals surface area contributed by atoms with Crippen LogP contribution in [0.5, 0.6) is 5.88 Å². The Morgan fingerprint density at radius 2 is 2.15 bits per heavy atom. The van der Waals surface area contributed by atoms with E-state index in [4.69, 9.17) is 4.74 Å². The van der Waals surface area contributed by atoms with Crippen molar-refractivity contribution in [2.45, 2.75) is 39.9 Å². The van der Waals surface area contributed by atoms with Crippen molar-refractivity contribution < 1.29 is 4.74 Å². The summed E-state index contributed by atoms with van der Waals surface area (Å²) in [4.78, 5) is 4.19. The van der Waals surface area contributed by atoms with Crippen LogP contribution < -0.4 is 10.1 Å². The molecule has 0 unspecified atom stereocenters. The van der Waals surface area contributed by atoms with Gasteiger partial charge in [-0.25, -0.2) is 4.98 Å². The van der Waals surface area contributed by atoms with E-state index >= 15 is 0 Å². The van der Waals surface area contributed by atoms with Gasteiger partial charge in [-0.1, -0.05) is 13.0 Å². The minimum Gasteiger partial charge on any atom is -0.481 e. The van der Waals surface area contributed by atoms with Gasteiger partial charge >= 0.3 is 0 Å². The first-order valence-corrected chi connectivity index (χ1v) is 7.02. The zero-order chi connectivity index (χ0) is 14.4. The molecule has 5 heteroatoms. The van der Waals surface area contributed by atoms with Crippen molar-refractivity contribution in [2.75, 3.05) is 7.11 Å². The Bertz CT molecular complexity index is 551. The Morgan fingerprint density at radius 1 is 1.30 bits per heavy atom. The maximum absolute atomic E-state index is 5.25. The molecule has 0 atom stereocenters. The van der Waals surface area contributed by atoms with Crippen molar-refractivity contribution >= 4 is 0 Å². The maximum Gasteiger partial charge on any atom is 0.217 e. The van der Waals surface area contributed by atoms with Gasteiger partial charge in [0.1, 0.15) is 0 Å². The molecule has 0 aliphatic heterocycles. The van der Waals surface area contributed by atoms with Gasteiger partial charge < -0.3 is 10.1 Å². The fraction of sp³-hybridized carbons (Fsp3) is 0.467. The van der Waals surface area contributed by atoms with Crippen molar-refractivity contribution in [3.8, 4) is 5.88 Å². The molecule has 0 spiro atoms. The van der Waals surface area contributed by atoms with E-state index in [1.807, 2.05) is 16.8 Å². The average Bonchev–Trinajstić information content (AvgIpc) is 2.90. The lowest BCUT2D eigenvalue weighted by Crippen LogP contribution is -2.16. The first kappa shape index (κ1) is 14.5. The quantitative estimate of drug-likeness (QED) is 0.840. The predicted octanol–water partition coefficient (Wildman–Crippen LogP) is 2.16. The van der Waals surface area contributed by atoms with Crippen LogP contribution in [0.3, 0.4) is 0 Å². The Labute approximate surface area is 120 Å². The molecule has 2 heterocycles. The Morgan fingerprint density at radius 3 is 2.85 bits per heavy atom. The maximum atomic E-state index is 5.25. The number of rotatable bonds is 7. The predicted molar refractivity (Wildman–Crippen MR) is 78.6 cm³/mol. The fourth-order valence-electron chi connectivity index (χ4n) is 2.17. The number of aromatic nitrogens is 3. The molecule has 0 aliphatic carbocycles. The summed E-state index contributed by atoms with van der Waals surface area (Å²) in [6, 6.07) is 6.11. The number of nitrogens with one attached hydrogen (secondary N) is 1.